The van der Waals surface area contributed by atoms with Gasteiger partial charge in [0.25, 0.3) is 0 Å². The number of aliphatic carboxylic acids is 1. The van der Waals surface area contributed by atoms with Crippen molar-refractivity contribution < 1.29 is 18.3 Å². The molecule has 2 aromatic rings. The first kappa shape index (κ1) is 17.0. The highest BCUT2D eigenvalue weighted by molar-refractivity contribution is 7.89. The maximum atomic E-state index is 12.1. The number of hydrogen-bond donors (Lipinski definition) is 3. The Morgan fingerprint density at radius 1 is 1.00 bits per heavy atom. The average molecular weight is 334 g/mol. The number of rotatable bonds is 6. The van der Waals surface area contributed by atoms with Crippen LogP contribution in [0.2, 0.25) is 0 Å². The molecule has 0 aliphatic carbocycles. The molecule has 0 aliphatic heterocycles. The van der Waals surface area contributed by atoms with Crippen molar-refractivity contribution in [2.24, 2.45) is 0 Å². The molecule has 122 valence electrons. The first-order valence-electron chi connectivity index (χ1n) is 6.97. The predicted octanol–water partition coefficient (Wildman–Crippen LogP) is 2.49. The fourth-order valence-electron chi connectivity index (χ4n) is 1.87. The maximum absolute atomic E-state index is 12.1. The molecule has 0 radical (unpaired) electrons. The van der Waals surface area contributed by atoms with Gasteiger partial charge in [0, 0.05) is 11.4 Å². The number of anilines is 2. The van der Waals surface area contributed by atoms with Crippen LogP contribution >= 0.6 is 0 Å². The zero-order valence-corrected chi connectivity index (χ0v) is 13.6. The molecule has 23 heavy (non-hydrogen) atoms. The lowest BCUT2D eigenvalue weighted by molar-refractivity contribution is -0.138. The van der Waals surface area contributed by atoms with Crippen molar-refractivity contribution >= 4 is 27.4 Å². The van der Waals surface area contributed by atoms with Crippen molar-refractivity contribution in [2.75, 3.05) is 5.32 Å². The van der Waals surface area contributed by atoms with E-state index in [9.17, 15) is 13.2 Å². The Kier molecular flexibility index (Phi) is 5.02. The van der Waals surface area contributed by atoms with Crippen LogP contribution in [0.4, 0.5) is 11.4 Å². The van der Waals surface area contributed by atoms with E-state index in [-0.39, 0.29) is 4.90 Å². The molecule has 0 bridgehead atoms. The van der Waals surface area contributed by atoms with Gasteiger partial charge in [0.15, 0.2) is 0 Å². The van der Waals surface area contributed by atoms with Crippen LogP contribution in [0.5, 0.6) is 0 Å². The van der Waals surface area contributed by atoms with E-state index in [2.05, 4.69) is 10.0 Å². The van der Waals surface area contributed by atoms with Gasteiger partial charge >= 0.3 is 5.97 Å². The SMILES string of the molecule is Cc1ccc(Nc2ccc(S(=O)(=O)N[C@H](C)C(=O)O)cc2)cc1. The molecule has 0 unspecified atom stereocenters. The molecule has 0 aromatic heterocycles. The topological polar surface area (TPSA) is 95.5 Å². The third-order valence-corrected chi connectivity index (χ3v) is 4.76. The smallest absolute Gasteiger partial charge is 0.321 e. The van der Waals surface area contributed by atoms with Gasteiger partial charge in [-0.15, -0.1) is 0 Å². The molecule has 0 fully saturated rings. The predicted molar refractivity (Wildman–Crippen MR) is 88.3 cm³/mol. The molecule has 0 saturated carbocycles. The minimum Gasteiger partial charge on any atom is -0.480 e. The van der Waals surface area contributed by atoms with E-state index in [0.717, 1.165) is 16.9 Å². The lowest BCUT2D eigenvalue weighted by atomic mass is 10.2. The Hall–Kier alpha value is -2.38. The summed E-state index contributed by atoms with van der Waals surface area (Å²) in [7, 11) is -3.86. The van der Waals surface area contributed by atoms with E-state index in [1.165, 1.54) is 19.1 Å². The molecular weight excluding hydrogens is 316 g/mol. The molecule has 0 aliphatic rings. The van der Waals surface area contributed by atoms with Crippen molar-refractivity contribution in [2.45, 2.75) is 24.8 Å². The second-order valence-electron chi connectivity index (χ2n) is 5.20. The number of carbonyl (C=O) groups is 1. The highest BCUT2D eigenvalue weighted by Gasteiger charge is 2.21. The van der Waals surface area contributed by atoms with Crippen LogP contribution in [-0.4, -0.2) is 25.5 Å². The van der Waals surface area contributed by atoms with Crippen LogP contribution < -0.4 is 10.0 Å². The second kappa shape index (κ2) is 6.80. The molecule has 0 amide bonds. The fraction of sp³-hybridized carbons (Fsp3) is 0.188. The zero-order chi connectivity index (χ0) is 17.0. The Morgan fingerprint density at radius 3 is 1.96 bits per heavy atom. The van der Waals surface area contributed by atoms with Gasteiger partial charge in [-0.2, -0.15) is 4.72 Å². The number of aryl methyl sites for hydroxylation is 1. The minimum absolute atomic E-state index is 0.0139. The first-order valence-corrected chi connectivity index (χ1v) is 8.45. The van der Waals surface area contributed by atoms with Gasteiger partial charge < -0.3 is 10.4 Å². The molecule has 0 saturated heterocycles. The summed E-state index contributed by atoms with van der Waals surface area (Å²) in [4.78, 5) is 10.8. The first-order chi connectivity index (χ1) is 10.8. The Labute approximate surface area is 135 Å². The lowest BCUT2D eigenvalue weighted by Crippen LogP contribution is -2.38. The molecular formula is C16H18N2O4S. The van der Waals surface area contributed by atoms with Gasteiger partial charge in [-0.3, -0.25) is 4.79 Å². The Morgan fingerprint density at radius 2 is 1.48 bits per heavy atom. The van der Waals surface area contributed by atoms with Crippen LogP contribution in [0.3, 0.4) is 0 Å². The van der Waals surface area contributed by atoms with Crippen LogP contribution in [0.1, 0.15) is 12.5 Å². The molecule has 0 heterocycles. The molecule has 3 N–H and O–H groups in total. The second-order valence-corrected chi connectivity index (χ2v) is 6.91. The van der Waals surface area contributed by atoms with Crippen LogP contribution in [0.25, 0.3) is 0 Å². The standard InChI is InChI=1S/C16H18N2O4S/c1-11-3-5-13(6-4-11)17-14-7-9-15(10-8-14)23(21,22)18-12(2)16(19)20/h3-10,12,17-18H,1-2H3,(H,19,20)/t12-/m1/s1. The highest BCUT2D eigenvalue weighted by Crippen LogP contribution is 2.19. The van der Waals surface area contributed by atoms with Crippen molar-refractivity contribution in [1.29, 1.82) is 0 Å². The lowest BCUT2D eigenvalue weighted by Gasteiger charge is -2.11. The van der Waals surface area contributed by atoms with Gasteiger partial charge in [-0.1, -0.05) is 17.7 Å². The van der Waals surface area contributed by atoms with Crippen LogP contribution in [0, 0.1) is 6.92 Å². The van der Waals surface area contributed by atoms with Gasteiger partial charge in [0.05, 0.1) is 4.90 Å². The van der Waals surface area contributed by atoms with E-state index < -0.39 is 22.0 Å². The van der Waals surface area contributed by atoms with Crippen molar-refractivity contribution in [3.63, 3.8) is 0 Å². The largest absolute Gasteiger partial charge is 0.480 e. The number of hydrogen-bond acceptors (Lipinski definition) is 4. The summed E-state index contributed by atoms with van der Waals surface area (Å²) in [5.74, 6) is -1.23. The van der Waals surface area contributed by atoms with E-state index in [1.54, 1.807) is 12.1 Å². The van der Waals surface area contributed by atoms with Crippen molar-refractivity contribution in [3.05, 3.63) is 54.1 Å². The van der Waals surface area contributed by atoms with Gasteiger partial charge in [-0.25, -0.2) is 8.42 Å². The summed E-state index contributed by atoms with van der Waals surface area (Å²) in [5, 5.41) is 11.9. The van der Waals surface area contributed by atoms with Gasteiger partial charge in [0.1, 0.15) is 6.04 Å². The van der Waals surface area contributed by atoms with Crippen LogP contribution in [-0.2, 0) is 14.8 Å². The van der Waals surface area contributed by atoms with E-state index >= 15 is 0 Å². The normalized spacial score (nSPS) is 12.6. The molecule has 1 atom stereocenters. The van der Waals surface area contributed by atoms with Crippen molar-refractivity contribution in [1.82, 2.24) is 4.72 Å². The fourth-order valence-corrected chi connectivity index (χ4v) is 3.07. The summed E-state index contributed by atoms with van der Waals surface area (Å²) in [6.45, 7) is 3.27. The monoisotopic (exact) mass is 334 g/mol. The number of carboxylic acids is 1. The summed E-state index contributed by atoms with van der Waals surface area (Å²) >= 11 is 0. The maximum Gasteiger partial charge on any atom is 0.321 e. The number of nitrogens with one attached hydrogen (secondary N) is 2. The molecule has 7 heteroatoms. The highest BCUT2D eigenvalue weighted by atomic mass is 32.2. The van der Waals surface area contributed by atoms with Gasteiger partial charge in [-0.05, 0) is 50.2 Å². The number of sulfonamides is 1. The molecule has 0 spiro atoms. The van der Waals surface area contributed by atoms with E-state index in [0.29, 0.717) is 0 Å². The summed E-state index contributed by atoms with van der Waals surface area (Å²) in [6.07, 6.45) is 0. The molecule has 2 aromatic carbocycles. The van der Waals surface area contributed by atoms with Gasteiger partial charge in [0.2, 0.25) is 10.0 Å². The van der Waals surface area contributed by atoms with Crippen molar-refractivity contribution in [3.8, 4) is 0 Å². The molecule has 6 nitrogen and oxygen atoms in total. The summed E-state index contributed by atoms with van der Waals surface area (Å²) in [6, 6.07) is 12.7. The Balaban J connectivity index is 2.12. The average Bonchev–Trinajstić information content (AvgIpc) is 2.49. The molecule has 2 rings (SSSR count). The number of carboxylic acid groups (broad SMARTS) is 1. The van der Waals surface area contributed by atoms with E-state index in [4.69, 9.17) is 5.11 Å². The quantitative estimate of drug-likeness (QED) is 0.754. The van der Waals surface area contributed by atoms with Crippen LogP contribution in [0.15, 0.2) is 53.4 Å². The van der Waals surface area contributed by atoms with E-state index in [1.807, 2.05) is 31.2 Å². The Bertz CT molecular complexity index is 784. The third kappa shape index (κ3) is 4.54. The summed E-state index contributed by atoms with van der Waals surface area (Å²) < 4.78 is 26.2. The zero-order valence-electron chi connectivity index (χ0n) is 12.8. The number of benzene rings is 2. The minimum atomic E-state index is -3.86. The third-order valence-electron chi connectivity index (χ3n) is 3.21. The summed E-state index contributed by atoms with van der Waals surface area (Å²) in [5.41, 5.74) is 2.78.